The topological polar surface area (TPSA) is 62.7 Å². The van der Waals surface area contributed by atoms with Crippen LogP contribution in [0.1, 0.15) is 34.9 Å². The number of benzene rings is 1. The summed E-state index contributed by atoms with van der Waals surface area (Å²) in [6, 6.07) is 12.0. The van der Waals surface area contributed by atoms with Gasteiger partial charge in [-0.25, -0.2) is 0 Å². The Morgan fingerprint density at radius 1 is 1.36 bits per heavy atom. The van der Waals surface area contributed by atoms with Crippen LogP contribution in [0.4, 0.5) is 0 Å². The van der Waals surface area contributed by atoms with Gasteiger partial charge in [-0.3, -0.25) is 0 Å². The van der Waals surface area contributed by atoms with Gasteiger partial charge in [-0.2, -0.15) is 5.26 Å². The molecule has 0 fully saturated rings. The molecule has 4 nitrogen and oxygen atoms in total. The van der Waals surface area contributed by atoms with Crippen molar-refractivity contribution in [3.05, 3.63) is 51.9 Å². The molecular weight excluding hydrogens is 350 g/mol. The molecule has 0 saturated carbocycles. The van der Waals surface area contributed by atoms with E-state index in [0.29, 0.717) is 22.4 Å². The number of aromatic nitrogens is 2. The molecule has 1 aliphatic rings. The Labute approximate surface area is 154 Å². The lowest BCUT2D eigenvalue weighted by atomic mass is 9.90. The summed E-state index contributed by atoms with van der Waals surface area (Å²) in [6.45, 7) is 2.31. The van der Waals surface area contributed by atoms with Crippen LogP contribution in [0, 0.1) is 17.2 Å². The van der Waals surface area contributed by atoms with Gasteiger partial charge in [-0.15, -0.1) is 21.5 Å². The zero-order valence-corrected chi connectivity index (χ0v) is 15.5. The van der Waals surface area contributed by atoms with Crippen LogP contribution in [0.15, 0.2) is 40.0 Å². The lowest BCUT2D eigenvalue weighted by Crippen LogP contribution is -2.07. The highest BCUT2D eigenvalue weighted by Gasteiger charge is 2.21. The lowest BCUT2D eigenvalue weighted by molar-refractivity contribution is 0.466. The van der Waals surface area contributed by atoms with Gasteiger partial charge in [0.05, 0.1) is 16.5 Å². The van der Waals surface area contributed by atoms with E-state index in [1.807, 2.05) is 24.3 Å². The van der Waals surface area contributed by atoms with Crippen LogP contribution in [0.3, 0.4) is 0 Å². The fourth-order valence-corrected chi connectivity index (χ4v) is 4.97. The second-order valence-electron chi connectivity index (χ2n) is 6.34. The summed E-state index contributed by atoms with van der Waals surface area (Å²) in [7, 11) is 0. The van der Waals surface area contributed by atoms with E-state index in [9.17, 15) is 0 Å². The zero-order chi connectivity index (χ0) is 17.2. The standard InChI is InChI=1S/C19H17N3OS2/c1-12-6-7-16-15(8-12)9-17(25-16)18-21-22-19(23-18)24-11-14-5-3-2-4-13(14)10-20/h2-5,9,12H,6-8,11H2,1H3/t12-/m1/s1. The first-order chi connectivity index (χ1) is 12.2. The van der Waals surface area contributed by atoms with E-state index in [4.69, 9.17) is 9.68 Å². The van der Waals surface area contributed by atoms with Crippen molar-refractivity contribution in [2.45, 2.75) is 37.2 Å². The molecule has 0 saturated heterocycles. The molecule has 0 radical (unpaired) electrons. The van der Waals surface area contributed by atoms with Gasteiger partial charge in [0.25, 0.3) is 11.1 Å². The largest absolute Gasteiger partial charge is 0.410 e. The van der Waals surface area contributed by atoms with E-state index in [2.05, 4.69) is 29.3 Å². The molecule has 126 valence electrons. The summed E-state index contributed by atoms with van der Waals surface area (Å²) in [6.07, 6.45) is 3.56. The third-order valence-corrected chi connectivity index (χ3v) is 6.53. The minimum atomic E-state index is 0.544. The molecule has 1 aliphatic carbocycles. The number of rotatable bonds is 4. The Morgan fingerprint density at radius 2 is 2.24 bits per heavy atom. The van der Waals surface area contributed by atoms with Gasteiger partial charge in [0, 0.05) is 10.6 Å². The molecule has 0 unspecified atom stereocenters. The van der Waals surface area contributed by atoms with Gasteiger partial charge < -0.3 is 4.42 Å². The lowest BCUT2D eigenvalue weighted by Gasteiger charge is -2.16. The van der Waals surface area contributed by atoms with Crippen LogP contribution >= 0.6 is 23.1 Å². The van der Waals surface area contributed by atoms with E-state index in [1.54, 1.807) is 11.3 Å². The van der Waals surface area contributed by atoms with E-state index in [-0.39, 0.29) is 0 Å². The Morgan fingerprint density at radius 3 is 3.12 bits per heavy atom. The number of thiophene rings is 1. The average molecular weight is 367 g/mol. The number of aryl methyl sites for hydroxylation is 1. The minimum Gasteiger partial charge on any atom is -0.410 e. The number of thioether (sulfide) groups is 1. The van der Waals surface area contributed by atoms with Crippen LogP contribution in [0.25, 0.3) is 10.8 Å². The van der Waals surface area contributed by atoms with E-state index in [0.717, 1.165) is 29.2 Å². The van der Waals surface area contributed by atoms with Crippen molar-refractivity contribution in [2.24, 2.45) is 5.92 Å². The first-order valence-electron chi connectivity index (χ1n) is 8.29. The Balaban J connectivity index is 1.48. The molecule has 6 heteroatoms. The summed E-state index contributed by atoms with van der Waals surface area (Å²) in [5.74, 6) is 2.00. The molecule has 4 rings (SSSR count). The molecule has 2 heterocycles. The van der Waals surface area contributed by atoms with E-state index >= 15 is 0 Å². The molecule has 0 spiro atoms. The molecule has 0 aliphatic heterocycles. The number of fused-ring (bicyclic) bond motifs is 1. The molecule has 25 heavy (non-hydrogen) atoms. The average Bonchev–Trinajstić information content (AvgIpc) is 3.26. The second kappa shape index (κ2) is 7.03. The zero-order valence-electron chi connectivity index (χ0n) is 13.9. The summed E-state index contributed by atoms with van der Waals surface area (Å²) in [5, 5.41) is 18.1. The maximum Gasteiger partial charge on any atom is 0.277 e. The molecule has 1 aromatic carbocycles. The minimum absolute atomic E-state index is 0.544. The van der Waals surface area contributed by atoms with Gasteiger partial charge in [0.2, 0.25) is 0 Å². The van der Waals surface area contributed by atoms with E-state index in [1.165, 1.54) is 28.6 Å². The maximum absolute atomic E-state index is 9.16. The summed E-state index contributed by atoms with van der Waals surface area (Å²) < 4.78 is 5.84. The smallest absolute Gasteiger partial charge is 0.277 e. The first kappa shape index (κ1) is 16.4. The third kappa shape index (κ3) is 3.48. The van der Waals surface area contributed by atoms with Crippen molar-refractivity contribution in [2.75, 3.05) is 0 Å². The van der Waals surface area contributed by atoms with Crippen molar-refractivity contribution >= 4 is 23.1 Å². The van der Waals surface area contributed by atoms with Crippen molar-refractivity contribution in [3.63, 3.8) is 0 Å². The molecule has 2 aromatic heterocycles. The number of nitrogens with zero attached hydrogens (tertiary/aromatic N) is 3. The van der Waals surface area contributed by atoms with Crippen LogP contribution < -0.4 is 0 Å². The SMILES string of the molecule is C[C@@H]1CCc2sc(-c3nnc(SCc4ccccc4C#N)o3)cc2C1. The molecule has 1 atom stereocenters. The van der Waals surface area contributed by atoms with Gasteiger partial charge in [-0.05, 0) is 48.4 Å². The quantitative estimate of drug-likeness (QED) is 0.601. The monoisotopic (exact) mass is 367 g/mol. The first-order valence-corrected chi connectivity index (χ1v) is 10.1. The van der Waals surface area contributed by atoms with Crippen LogP contribution in [0.2, 0.25) is 0 Å². The number of nitriles is 1. The normalized spacial score (nSPS) is 16.4. The van der Waals surface area contributed by atoms with Crippen LogP contribution in [0.5, 0.6) is 0 Å². The number of hydrogen-bond donors (Lipinski definition) is 0. The number of hydrogen-bond acceptors (Lipinski definition) is 6. The Hall–Kier alpha value is -2.10. The fourth-order valence-electron chi connectivity index (χ4n) is 3.07. The third-order valence-electron chi connectivity index (χ3n) is 4.44. The predicted molar refractivity (Wildman–Crippen MR) is 99.5 cm³/mol. The Kier molecular flexibility index (Phi) is 4.60. The van der Waals surface area contributed by atoms with Gasteiger partial charge in [-0.1, -0.05) is 36.9 Å². The highest BCUT2D eigenvalue weighted by atomic mass is 32.2. The highest BCUT2D eigenvalue weighted by molar-refractivity contribution is 7.98. The fraction of sp³-hybridized carbons (Fsp3) is 0.316. The van der Waals surface area contributed by atoms with E-state index < -0.39 is 0 Å². The van der Waals surface area contributed by atoms with Crippen molar-refractivity contribution in [3.8, 4) is 16.8 Å². The second-order valence-corrected chi connectivity index (χ2v) is 8.40. The van der Waals surface area contributed by atoms with Crippen LogP contribution in [-0.2, 0) is 18.6 Å². The van der Waals surface area contributed by atoms with Gasteiger partial charge in [0.1, 0.15) is 0 Å². The summed E-state index contributed by atoms with van der Waals surface area (Å²) in [4.78, 5) is 2.53. The van der Waals surface area contributed by atoms with Gasteiger partial charge >= 0.3 is 0 Å². The van der Waals surface area contributed by atoms with Crippen molar-refractivity contribution < 1.29 is 4.42 Å². The predicted octanol–water partition coefficient (Wildman–Crippen LogP) is 5.09. The summed E-state index contributed by atoms with van der Waals surface area (Å²) >= 11 is 3.24. The molecule has 0 bridgehead atoms. The van der Waals surface area contributed by atoms with Crippen LogP contribution in [-0.4, -0.2) is 10.2 Å². The molecule has 0 amide bonds. The molecular formula is C19H17N3OS2. The molecule has 0 N–H and O–H groups in total. The van der Waals surface area contributed by atoms with Crippen molar-refractivity contribution in [1.82, 2.24) is 10.2 Å². The van der Waals surface area contributed by atoms with Crippen molar-refractivity contribution in [1.29, 1.82) is 5.26 Å². The Bertz CT molecular complexity index is 938. The highest BCUT2D eigenvalue weighted by Crippen LogP contribution is 2.37. The maximum atomic E-state index is 9.16. The molecule has 3 aromatic rings. The summed E-state index contributed by atoms with van der Waals surface area (Å²) in [5.41, 5.74) is 3.11. The van der Waals surface area contributed by atoms with Gasteiger partial charge in [0.15, 0.2) is 0 Å².